The second-order valence-corrected chi connectivity index (χ2v) is 8.86. The van der Waals surface area contributed by atoms with Gasteiger partial charge in [-0.1, -0.05) is 18.2 Å². The second kappa shape index (κ2) is 10.5. The SMILES string of the molecule is CN=C(NCCN1c2ccccc2CC1C)N1CCC(OCC2CCCCO2)CC1. The number of ether oxygens (including phenoxy) is 2. The maximum Gasteiger partial charge on any atom is 0.193 e. The Hall–Kier alpha value is -1.79. The van der Waals surface area contributed by atoms with Crippen LogP contribution < -0.4 is 10.2 Å². The van der Waals surface area contributed by atoms with Crippen LogP contribution in [0.25, 0.3) is 0 Å². The summed E-state index contributed by atoms with van der Waals surface area (Å²) in [4.78, 5) is 9.43. The molecule has 2 saturated heterocycles. The van der Waals surface area contributed by atoms with E-state index in [4.69, 9.17) is 9.47 Å². The Kier molecular flexibility index (Phi) is 7.50. The highest BCUT2D eigenvalue weighted by Crippen LogP contribution is 2.31. The molecule has 4 rings (SSSR count). The number of nitrogens with one attached hydrogen (secondary N) is 1. The molecule has 1 N–H and O–H groups in total. The molecule has 0 aromatic heterocycles. The van der Waals surface area contributed by atoms with Gasteiger partial charge in [-0.25, -0.2) is 0 Å². The van der Waals surface area contributed by atoms with Crippen LogP contribution in [0.15, 0.2) is 29.3 Å². The van der Waals surface area contributed by atoms with Gasteiger partial charge in [-0.15, -0.1) is 0 Å². The summed E-state index contributed by atoms with van der Waals surface area (Å²) in [6.45, 7) is 7.87. The van der Waals surface area contributed by atoms with Crippen LogP contribution in [0.2, 0.25) is 0 Å². The molecule has 2 atom stereocenters. The molecule has 3 heterocycles. The van der Waals surface area contributed by atoms with E-state index in [-0.39, 0.29) is 0 Å². The van der Waals surface area contributed by atoms with E-state index >= 15 is 0 Å². The van der Waals surface area contributed by atoms with Crippen molar-refractivity contribution >= 4 is 11.6 Å². The van der Waals surface area contributed by atoms with Gasteiger partial charge >= 0.3 is 0 Å². The Morgan fingerprint density at radius 3 is 2.80 bits per heavy atom. The van der Waals surface area contributed by atoms with Crippen LogP contribution in [0.1, 0.15) is 44.6 Å². The van der Waals surface area contributed by atoms with Crippen molar-refractivity contribution in [3.8, 4) is 0 Å². The highest BCUT2D eigenvalue weighted by atomic mass is 16.5. The Morgan fingerprint density at radius 1 is 1.20 bits per heavy atom. The second-order valence-electron chi connectivity index (χ2n) is 8.86. The predicted octanol–water partition coefficient (Wildman–Crippen LogP) is 3.06. The van der Waals surface area contributed by atoms with Crippen molar-refractivity contribution in [3.63, 3.8) is 0 Å². The molecule has 0 saturated carbocycles. The molecule has 0 radical (unpaired) electrons. The summed E-state index contributed by atoms with van der Waals surface area (Å²) < 4.78 is 12.0. The van der Waals surface area contributed by atoms with Crippen molar-refractivity contribution in [2.75, 3.05) is 51.3 Å². The third kappa shape index (κ3) is 5.27. The Labute approximate surface area is 181 Å². The number of rotatable bonds is 6. The monoisotopic (exact) mass is 414 g/mol. The van der Waals surface area contributed by atoms with Crippen LogP contribution in [0.4, 0.5) is 5.69 Å². The van der Waals surface area contributed by atoms with Gasteiger partial charge in [-0.05, 0) is 57.1 Å². The zero-order valence-corrected chi connectivity index (χ0v) is 18.7. The smallest absolute Gasteiger partial charge is 0.193 e. The summed E-state index contributed by atoms with van der Waals surface area (Å²) in [6, 6.07) is 9.35. The lowest BCUT2D eigenvalue weighted by molar-refractivity contribution is -0.0721. The van der Waals surface area contributed by atoms with Crippen molar-refractivity contribution in [3.05, 3.63) is 29.8 Å². The van der Waals surface area contributed by atoms with Gasteiger partial charge in [0.05, 0.1) is 18.8 Å². The molecule has 1 aromatic carbocycles. The summed E-state index contributed by atoms with van der Waals surface area (Å²) in [5.74, 6) is 1.02. The van der Waals surface area contributed by atoms with E-state index in [2.05, 4.69) is 51.3 Å². The molecule has 6 heteroatoms. The number of nitrogens with zero attached hydrogens (tertiary/aromatic N) is 3. The Bertz CT molecular complexity index is 696. The molecule has 0 amide bonds. The van der Waals surface area contributed by atoms with Gasteiger partial charge < -0.3 is 24.6 Å². The van der Waals surface area contributed by atoms with E-state index in [9.17, 15) is 0 Å². The molecule has 2 fully saturated rings. The molecule has 3 aliphatic rings. The molecular weight excluding hydrogens is 376 g/mol. The minimum Gasteiger partial charge on any atom is -0.376 e. The lowest BCUT2D eigenvalue weighted by atomic mass is 10.1. The summed E-state index contributed by atoms with van der Waals surface area (Å²) in [5.41, 5.74) is 2.86. The lowest BCUT2D eigenvalue weighted by Gasteiger charge is -2.35. The van der Waals surface area contributed by atoms with Crippen LogP contribution >= 0.6 is 0 Å². The number of hydrogen-bond donors (Lipinski definition) is 1. The number of benzene rings is 1. The minimum atomic E-state index is 0.310. The minimum absolute atomic E-state index is 0.310. The quantitative estimate of drug-likeness (QED) is 0.573. The molecular formula is C24H38N4O2. The molecule has 0 bridgehead atoms. The fourth-order valence-electron chi connectivity index (χ4n) is 5.01. The van der Waals surface area contributed by atoms with E-state index in [1.165, 1.54) is 24.1 Å². The zero-order chi connectivity index (χ0) is 20.8. The third-order valence-corrected chi connectivity index (χ3v) is 6.73. The van der Waals surface area contributed by atoms with Gasteiger partial charge in [0.15, 0.2) is 5.96 Å². The van der Waals surface area contributed by atoms with Crippen molar-refractivity contribution in [2.45, 2.75) is 63.7 Å². The normalized spacial score (nSPS) is 25.5. The van der Waals surface area contributed by atoms with Gasteiger partial charge in [-0.2, -0.15) is 0 Å². The average Bonchev–Trinajstić information content (AvgIpc) is 3.11. The van der Waals surface area contributed by atoms with Gasteiger partial charge in [0, 0.05) is 51.6 Å². The number of piperidine rings is 1. The van der Waals surface area contributed by atoms with Crippen molar-refractivity contribution in [1.82, 2.24) is 10.2 Å². The van der Waals surface area contributed by atoms with Crippen molar-refractivity contribution in [2.24, 2.45) is 4.99 Å². The third-order valence-electron chi connectivity index (χ3n) is 6.73. The van der Waals surface area contributed by atoms with Crippen LogP contribution in [0.5, 0.6) is 0 Å². The number of guanidine groups is 1. The molecule has 30 heavy (non-hydrogen) atoms. The summed E-state index contributed by atoms with van der Waals surface area (Å²) >= 11 is 0. The first-order valence-corrected chi connectivity index (χ1v) is 11.8. The Balaban J connectivity index is 1.18. The summed E-state index contributed by atoms with van der Waals surface area (Å²) in [5, 5.41) is 3.59. The number of anilines is 1. The van der Waals surface area contributed by atoms with Crippen LogP contribution in [-0.4, -0.2) is 75.5 Å². The van der Waals surface area contributed by atoms with Crippen molar-refractivity contribution in [1.29, 1.82) is 0 Å². The van der Waals surface area contributed by atoms with E-state index in [1.54, 1.807) is 0 Å². The van der Waals surface area contributed by atoms with Gasteiger partial charge in [0.2, 0.25) is 0 Å². The highest BCUT2D eigenvalue weighted by molar-refractivity contribution is 5.80. The van der Waals surface area contributed by atoms with Gasteiger partial charge in [-0.3, -0.25) is 4.99 Å². The highest BCUT2D eigenvalue weighted by Gasteiger charge is 2.26. The standard InChI is InChI=1S/C24H38N4O2/c1-19-17-20-7-3-4-9-23(20)28(19)15-12-26-24(25-2)27-13-10-21(11-14-27)30-18-22-8-5-6-16-29-22/h3-4,7,9,19,21-22H,5-6,8,10-18H2,1-2H3,(H,25,26). The molecule has 1 aromatic rings. The van der Waals surface area contributed by atoms with Gasteiger partial charge in [0.1, 0.15) is 0 Å². The zero-order valence-electron chi connectivity index (χ0n) is 18.7. The fourth-order valence-corrected chi connectivity index (χ4v) is 5.01. The molecule has 3 aliphatic heterocycles. The van der Waals surface area contributed by atoms with E-state index in [0.717, 1.165) is 71.0 Å². The van der Waals surface area contributed by atoms with E-state index in [1.807, 2.05) is 7.05 Å². The lowest BCUT2D eigenvalue weighted by Crippen LogP contribution is -2.49. The summed E-state index contributed by atoms with van der Waals surface area (Å²) in [7, 11) is 1.89. The largest absolute Gasteiger partial charge is 0.376 e. The number of para-hydroxylation sites is 1. The van der Waals surface area contributed by atoms with Crippen LogP contribution in [0, 0.1) is 0 Å². The van der Waals surface area contributed by atoms with Gasteiger partial charge in [0.25, 0.3) is 0 Å². The molecule has 6 nitrogen and oxygen atoms in total. The maximum absolute atomic E-state index is 6.16. The first-order valence-electron chi connectivity index (χ1n) is 11.8. The number of hydrogen-bond acceptors (Lipinski definition) is 4. The molecule has 166 valence electrons. The molecule has 2 unspecified atom stereocenters. The van der Waals surface area contributed by atoms with Crippen LogP contribution in [-0.2, 0) is 15.9 Å². The number of aliphatic imine (C=N–C) groups is 1. The van der Waals surface area contributed by atoms with E-state index in [0.29, 0.717) is 18.2 Å². The summed E-state index contributed by atoms with van der Waals surface area (Å²) in [6.07, 6.45) is 7.55. The first kappa shape index (κ1) is 21.4. The fraction of sp³-hybridized carbons (Fsp3) is 0.708. The topological polar surface area (TPSA) is 49.3 Å². The maximum atomic E-state index is 6.16. The van der Waals surface area contributed by atoms with Crippen molar-refractivity contribution < 1.29 is 9.47 Å². The van der Waals surface area contributed by atoms with E-state index < -0.39 is 0 Å². The average molecular weight is 415 g/mol. The van der Waals surface area contributed by atoms with Crippen LogP contribution in [0.3, 0.4) is 0 Å². The molecule has 0 aliphatic carbocycles. The molecule has 0 spiro atoms. The number of likely N-dealkylation sites (tertiary alicyclic amines) is 1. The Morgan fingerprint density at radius 2 is 2.03 bits per heavy atom. The predicted molar refractivity (Wildman–Crippen MR) is 122 cm³/mol. The first-order chi connectivity index (χ1) is 14.7. The number of fused-ring (bicyclic) bond motifs is 1.